The van der Waals surface area contributed by atoms with Crippen molar-refractivity contribution < 1.29 is 9.84 Å². The maximum atomic E-state index is 10.4. The predicted octanol–water partition coefficient (Wildman–Crippen LogP) is 3.12. The zero-order valence-electron chi connectivity index (χ0n) is 11.4. The minimum Gasteiger partial charge on any atom is -0.485 e. The SMILES string of the molecule is CC(C)N1CCC2(C[C@@H](O)c3ccc(Br)cc3O2)C1. The summed E-state index contributed by atoms with van der Waals surface area (Å²) >= 11 is 3.47. The highest BCUT2D eigenvalue weighted by atomic mass is 79.9. The molecule has 19 heavy (non-hydrogen) atoms. The van der Waals surface area contributed by atoms with Gasteiger partial charge in [0.25, 0.3) is 0 Å². The van der Waals surface area contributed by atoms with E-state index in [0.717, 1.165) is 35.3 Å². The van der Waals surface area contributed by atoms with Gasteiger partial charge in [0.15, 0.2) is 0 Å². The van der Waals surface area contributed by atoms with Crippen molar-refractivity contribution in [2.45, 2.75) is 44.4 Å². The van der Waals surface area contributed by atoms with Crippen LogP contribution in [0.15, 0.2) is 22.7 Å². The lowest BCUT2D eigenvalue weighted by atomic mass is 9.88. The molecule has 0 saturated carbocycles. The summed E-state index contributed by atoms with van der Waals surface area (Å²) in [5.41, 5.74) is 0.703. The van der Waals surface area contributed by atoms with Crippen molar-refractivity contribution in [2.24, 2.45) is 0 Å². The summed E-state index contributed by atoms with van der Waals surface area (Å²) in [4.78, 5) is 2.43. The lowest BCUT2D eigenvalue weighted by Crippen LogP contribution is -2.44. The second-order valence-electron chi connectivity index (χ2n) is 6.00. The second-order valence-corrected chi connectivity index (χ2v) is 6.92. The molecule has 0 radical (unpaired) electrons. The van der Waals surface area contributed by atoms with Gasteiger partial charge in [-0.2, -0.15) is 0 Å². The van der Waals surface area contributed by atoms with Gasteiger partial charge in [-0.05, 0) is 26.0 Å². The Kier molecular flexibility index (Phi) is 3.36. The molecule has 2 aliphatic heterocycles. The summed E-state index contributed by atoms with van der Waals surface area (Å²) in [5, 5.41) is 10.4. The third-order valence-electron chi connectivity index (χ3n) is 4.30. The van der Waals surface area contributed by atoms with Crippen molar-refractivity contribution in [1.29, 1.82) is 0 Å². The van der Waals surface area contributed by atoms with Crippen molar-refractivity contribution in [3.8, 4) is 5.75 Å². The zero-order chi connectivity index (χ0) is 13.6. The van der Waals surface area contributed by atoms with Crippen LogP contribution in [0, 0.1) is 0 Å². The summed E-state index contributed by atoms with van der Waals surface area (Å²) in [6.07, 6.45) is 1.28. The first-order chi connectivity index (χ1) is 8.99. The number of ether oxygens (including phenoxy) is 1. The molecule has 0 aliphatic carbocycles. The van der Waals surface area contributed by atoms with E-state index in [1.54, 1.807) is 0 Å². The normalized spacial score (nSPS) is 30.7. The minimum absolute atomic E-state index is 0.211. The van der Waals surface area contributed by atoms with E-state index in [1.807, 2.05) is 18.2 Å². The number of hydrogen-bond acceptors (Lipinski definition) is 3. The maximum Gasteiger partial charge on any atom is 0.127 e. The fraction of sp³-hybridized carbons (Fsp3) is 0.600. The predicted molar refractivity (Wildman–Crippen MR) is 78.4 cm³/mol. The third-order valence-corrected chi connectivity index (χ3v) is 4.80. The summed E-state index contributed by atoms with van der Waals surface area (Å²) in [6.45, 7) is 6.38. The van der Waals surface area contributed by atoms with Gasteiger partial charge in [0.05, 0.1) is 6.10 Å². The largest absolute Gasteiger partial charge is 0.485 e. The fourth-order valence-corrected chi connectivity index (χ4v) is 3.52. The number of hydrogen-bond donors (Lipinski definition) is 1. The van der Waals surface area contributed by atoms with Crippen LogP contribution in [0.2, 0.25) is 0 Å². The van der Waals surface area contributed by atoms with Gasteiger partial charge in [-0.15, -0.1) is 0 Å². The van der Waals surface area contributed by atoms with Crippen LogP contribution >= 0.6 is 15.9 Å². The summed E-state index contributed by atoms with van der Waals surface area (Å²) in [5.74, 6) is 0.832. The van der Waals surface area contributed by atoms with Crippen molar-refractivity contribution in [3.63, 3.8) is 0 Å². The van der Waals surface area contributed by atoms with E-state index in [2.05, 4.69) is 34.7 Å². The highest BCUT2D eigenvalue weighted by Gasteiger charge is 2.46. The van der Waals surface area contributed by atoms with E-state index >= 15 is 0 Å². The molecule has 0 bridgehead atoms. The molecule has 2 heterocycles. The van der Waals surface area contributed by atoms with Crippen LogP contribution in [0.4, 0.5) is 0 Å². The Hall–Kier alpha value is -0.580. The number of likely N-dealkylation sites (tertiary alicyclic amines) is 1. The average Bonchev–Trinajstić information content (AvgIpc) is 2.72. The summed E-state index contributed by atoms with van der Waals surface area (Å²) in [6, 6.07) is 6.41. The molecule has 1 unspecified atom stereocenters. The van der Waals surface area contributed by atoms with Gasteiger partial charge in [-0.25, -0.2) is 0 Å². The number of benzene rings is 1. The standard InChI is InChI=1S/C15H20BrNO2/c1-10(2)17-6-5-15(9-17)8-13(18)12-4-3-11(16)7-14(12)19-15/h3-4,7,10,13,18H,5-6,8-9H2,1-2H3/t13-,15?/m1/s1. The van der Waals surface area contributed by atoms with Crippen LogP contribution in [0.3, 0.4) is 0 Å². The summed E-state index contributed by atoms with van der Waals surface area (Å²) in [7, 11) is 0. The first-order valence-electron chi connectivity index (χ1n) is 6.90. The molecule has 1 aromatic carbocycles. The van der Waals surface area contributed by atoms with Crippen LogP contribution in [-0.4, -0.2) is 34.7 Å². The molecule has 1 spiro atoms. The quantitative estimate of drug-likeness (QED) is 0.861. The van der Waals surface area contributed by atoms with Crippen LogP contribution in [-0.2, 0) is 0 Å². The van der Waals surface area contributed by atoms with Gasteiger partial charge in [-0.3, -0.25) is 4.90 Å². The van der Waals surface area contributed by atoms with Crippen LogP contribution in [0.1, 0.15) is 38.4 Å². The Morgan fingerprint density at radius 3 is 2.95 bits per heavy atom. The Balaban J connectivity index is 1.88. The van der Waals surface area contributed by atoms with Gasteiger partial charge in [0.2, 0.25) is 0 Å². The van der Waals surface area contributed by atoms with Crippen LogP contribution < -0.4 is 4.74 Å². The second kappa shape index (κ2) is 4.76. The number of aliphatic hydroxyl groups is 1. The number of nitrogens with zero attached hydrogens (tertiary/aromatic N) is 1. The molecule has 104 valence electrons. The first-order valence-corrected chi connectivity index (χ1v) is 7.69. The smallest absolute Gasteiger partial charge is 0.127 e. The molecule has 1 aromatic rings. The number of rotatable bonds is 1. The lowest BCUT2D eigenvalue weighted by molar-refractivity contribution is -0.00894. The fourth-order valence-electron chi connectivity index (χ4n) is 3.18. The Labute approximate surface area is 122 Å². The summed E-state index contributed by atoms with van der Waals surface area (Å²) < 4.78 is 7.28. The molecule has 0 amide bonds. The van der Waals surface area contributed by atoms with Crippen molar-refractivity contribution in [2.75, 3.05) is 13.1 Å². The van der Waals surface area contributed by atoms with Gasteiger partial charge >= 0.3 is 0 Å². The Morgan fingerprint density at radius 2 is 2.26 bits per heavy atom. The molecule has 0 aromatic heterocycles. The third kappa shape index (κ3) is 2.41. The molecule has 4 heteroatoms. The lowest BCUT2D eigenvalue weighted by Gasteiger charge is -2.38. The Morgan fingerprint density at radius 1 is 1.47 bits per heavy atom. The molecule has 2 aliphatic rings. The van der Waals surface area contributed by atoms with E-state index in [4.69, 9.17) is 4.74 Å². The highest BCUT2D eigenvalue weighted by Crippen LogP contribution is 2.44. The monoisotopic (exact) mass is 325 g/mol. The molecule has 3 rings (SSSR count). The van der Waals surface area contributed by atoms with Crippen molar-refractivity contribution >= 4 is 15.9 Å². The van der Waals surface area contributed by atoms with Crippen LogP contribution in [0.25, 0.3) is 0 Å². The molecular formula is C15H20BrNO2. The zero-order valence-corrected chi connectivity index (χ0v) is 13.0. The van der Waals surface area contributed by atoms with E-state index in [-0.39, 0.29) is 5.60 Å². The molecule has 2 atom stereocenters. The van der Waals surface area contributed by atoms with E-state index in [0.29, 0.717) is 12.5 Å². The van der Waals surface area contributed by atoms with E-state index in [1.165, 1.54) is 0 Å². The molecule has 1 saturated heterocycles. The molecule has 1 N–H and O–H groups in total. The molecular weight excluding hydrogens is 306 g/mol. The number of aliphatic hydroxyl groups excluding tert-OH is 1. The van der Waals surface area contributed by atoms with E-state index in [9.17, 15) is 5.11 Å². The van der Waals surface area contributed by atoms with Gasteiger partial charge in [0.1, 0.15) is 11.4 Å². The van der Waals surface area contributed by atoms with Crippen LogP contribution in [0.5, 0.6) is 5.75 Å². The molecule has 1 fully saturated rings. The van der Waals surface area contributed by atoms with E-state index < -0.39 is 6.10 Å². The first kappa shape index (κ1) is 13.4. The van der Waals surface area contributed by atoms with Crippen molar-refractivity contribution in [3.05, 3.63) is 28.2 Å². The number of halogens is 1. The Bertz CT molecular complexity index is 491. The maximum absolute atomic E-state index is 10.4. The van der Waals surface area contributed by atoms with Gasteiger partial charge in [0, 0.05) is 42.0 Å². The van der Waals surface area contributed by atoms with Gasteiger partial charge < -0.3 is 9.84 Å². The number of fused-ring (bicyclic) bond motifs is 1. The molecule has 3 nitrogen and oxygen atoms in total. The van der Waals surface area contributed by atoms with Gasteiger partial charge in [-0.1, -0.05) is 22.0 Å². The van der Waals surface area contributed by atoms with Crippen molar-refractivity contribution in [1.82, 2.24) is 4.90 Å². The average molecular weight is 326 g/mol. The minimum atomic E-state index is -0.413. The topological polar surface area (TPSA) is 32.7 Å². The highest BCUT2D eigenvalue weighted by molar-refractivity contribution is 9.10.